The zero-order valence-electron chi connectivity index (χ0n) is 25.1. The maximum Gasteiger partial charge on any atom is 0.204 e. The Bertz CT molecular complexity index is 1260. The number of anilines is 1. The van der Waals surface area contributed by atoms with Crippen molar-refractivity contribution in [2.45, 2.75) is 44.1 Å². The number of allylic oxidation sites excluding steroid dienone is 1. The summed E-state index contributed by atoms with van der Waals surface area (Å²) in [6.45, 7) is 9.30. The summed E-state index contributed by atoms with van der Waals surface area (Å²) in [4.78, 5) is 19.7. The number of hydrogen-bond donors (Lipinski definition) is 4. The van der Waals surface area contributed by atoms with Gasteiger partial charge in [0.05, 0.1) is 24.1 Å². The van der Waals surface area contributed by atoms with E-state index in [9.17, 15) is 9.50 Å². The van der Waals surface area contributed by atoms with Gasteiger partial charge in [-0.3, -0.25) is 14.8 Å². The van der Waals surface area contributed by atoms with Crippen LogP contribution in [-0.4, -0.2) is 80.1 Å². The number of aliphatic hydroxyl groups excluding tert-OH is 1. The smallest absolute Gasteiger partial charge is 0.204 e. The predicted octanol–water partition coefficient (Wildman–Crippen LogP) is 4.48. The first-order valence-corrected chi connectivity index (χ1v) is 15.0. The molecule has 1 saturated heterocycles. The number of aliphatic hydroxyl groups is 1. The first-order valence-electron chi connectivity index (χ1n) is 14.7. The van der Waals surface area contributed by atoms with E-state index < -0.39 is 5.82 Å². The number of aliphatic imine (C=N–C) groups is 1. The van der Waals surface area contributed by atoms with E-state index in [2.05, 4.69) is 44.9 Å². The highest BCUT2D eigenvalue weighted by molar-refractivity contribution is 6.31. The summed E-state index contributed by atoms with van der Waals surface area (Å²) in [6.07, 6.45) is 8.51. The minimum atomic E-state index is -0.415. The minimum Gasteiger partial charge on any atom is -0.492 e. The van der Waals surface area contributed by atoms with Gasteiger partial charge in [0.25, 0.3) is 0 Å². The molecule has 1 aromatic heterocycles. The van der Waals surface area contributed by atoms with Crippen LogP contribution in [0.2, 0.25) is 5.02 Å². The van der Waals surface area contributed by atoms with Gasteiger partial charge in [-0.1, -0.05) is 24.6 Å². The topological polar surface area (TPSA) is 125 Å². The average molecular weight is 615 g/mol. The molecule has 1 aliphatic heterocycles. The molecule has 3 fully saturated rings. The number of amides is 1. The number of primary amides is 1. The molecule has 2 aromatic rings. The highest BCUT2D eigenvalue weighted by atomic mass is 35.5. The van der Waals surface area contributed by atoms with Crippen LogP contribution in [0, 0.1) is 11.7 Å². The number of benzene rings is 1. The summed E-state index contributed by atoms with van der Waals surface area (Å²) in [5.74, 6) is 0.801. The second-order valence-corrected chi connectivity index (χ2v) is 11.4. The molecule has 0 atom stereocenters. The lowest BCUT2D eigenvalue weighted by molar-refractivity contribution is -0.106. The number of carbonyl (C=O) groups is 1. The molecule has 0 unspecified atom stereocenters. The molecule has 43 heavy (non-hydrogen) atoms. The largest absolute Gasteiger partial charge is 0.492 e. The van der Waals surface area contributed by atoms with Crippen LogP contribution in [0.25, 0.3) is 0 Å². The van der Waals surface area contributed by atoms with E-state index in [0.29, 0.717) is 46.2 Å². The van der Waals surface area contributed by atoms with Crippen LogP contribution in [0.5, 0.6) is 0 Å². The quantitative estimate of drug-likeness (QED) is 0.142. The van der Waals surface area contributed by atoms with E-state index in [-0.39, 0.29) is 12.5 Å². The Morgan fingerprint density at radius 3 is 2.56 bits per heavy atom. The zero-order valence-corrected chi connectivity index (χ0v) is 25.8. The van der Waals surface area contributed by atoms with Gasteiger partial charge in [-0.2, -0.15) is 0 Å². The van der Waals surface area contributed by atoms with Gasteiger partial charge in [0.15, 0.2) is 0 Å². The molecule has 5 rings (SSSR count). The standard InChI is InChI=1S/C26H29ClFN3O2.C5H12N2.CH3NO/c1-16(33-15-17-10-21(32)11-17)24(14-26(29-2)22-12-19(27)6-7-23(22)28)31-20-8-9-30-25(13-20)18-4-3-5-18;1-7-4-2-6-3-5-7;2-1-3/h6-9,12-14,17-18,21,32H,1,3-5,10-11,15H2,2H3,(H,30,31);6H,2-5H2,1H3;1H,(H2,2,3)/b24-14+,29-26?;;. The Morgan fingerprint density at radius 1 is 1.30 bits per heavy atom. The van der Waals surface area contributed by atoms with Gasteiger partial charge in [-0.25, -0.2) is 4.39 Å². The second-order valence-electron chi connectivity index (χ2n) is 10.9. The highest BCUT2D eigenvalue weighted by Gasteiger charge is 2.28. The van der Waals surface area contributed by atoms with E-state index in [1.807, 2.05) is 12.1 Å². The molecule has 0 bridgehead atoms. The number of hydrogen-bond acceptors (Lipinski definition) is 8. The number of aromatic nitrogens is 1. The monoisotopic (exact) mass is 614 g/mol. The number of likely N-dealkylation sites (N-methyl/N-ethyl adjacent to an activating group) is 1. The molecule has 1 aromatic carbocycles. The average Bonchev–Trinajstić information content (AvgIpc) is 2.94. The van der Waals surface area contributed by atoms with Gasteiger partial charge >= 0.3 is 0 Å². The van der Waals surface area contributed by atoms with Gasteiger partial charge in [-0.15, -0.1) is 0 Å². The molecule has 5 N–H and O–H groups in total. The Kier molecular flexibility index (Phi) is 14.1. The lowest BCUT2D eigenvalue weighted by Crippen LogP contribution is -2.40. The predicted molar refractivity (Wildman–Crippen MR) is 171 cm³/mol. The van der Waals surface area contributed by atoms with E-state index in [4.69, 9.17) is 21.1 Å². The fourth-order valence-electron chi connectivity index (χ4n) is 4.80. The van der Waals surface area contributed by atoms with Crippen LogP contribution in [-0.2, 0) is 9.53 Å². The molecule has 3 aliphatic rings. The summed E-state index contributed by atoms with van der Waals surface area (Å²) < 4.78 is 20.5. The lowest BCUT2D eigenvalue weighted by Gasteiger charge is -2.31. The number of halogens is 2. The van der Waals surface area contributed by atoms with Gasteiger partial charge in [0.1, 0.15) is 11.6 Å². The van der Waals surface area contributed by atoms with Crippen LogP contribution in [0.3, 0.4) is 0 Å². The summed E-state index contributed by atoms with van der Waals surface area (Å²) in [5, 5.41) is 16.6. The van der Waals surface area contributed by atoms with Gasteiger partial charge in [-0.05, 0) is 75.1 Å². The highest BCUT2D eigenvalue weighted by Crippen LogP contribution is 2.36. The summed E-state index contributed by atoms with van der Waals surface area (Å²) in [5.41, 5.74) is 7.36. The van der Waals surface area contributed by atoms with E-state index >= 15 is 0 Å². The van der Waals surface area contributed by atoms with Crippen molar-refractivity contribution in [1.82, 2.24) is 15.2 Å². The summed E-state index contributed by atoms with van der Waals surface area (Å²) >= 11 is 6.10. The molecule has 11 heteroatoms. The van der Waals surface area contributed by atoms with Crippen LogP contribution in [0.4, 0.5) is 10.1 Å². The molecule has 2 aliphatic carbocycles. The zero-order chi connectivity index (χ0) is 31.2. The first kappa shape index (κ1) is 34.2. The summed E-state index contributed by atoms with van der Waals surface area (Å²) in [6, 6.07) is 8.30. The maximum atomic E-state index is 14.5. The van der Waals surface area contributed by atoms with Crippen molar-refractivity contribution in [3.05, 3.63) is 82.7 Å². The van der Waals surface area contributed by atoms with Crippen molar-refractivity contribution in [3.8, 4) is 0 Å². The van der Waals surface area contributed by atoms with Crippen LogP contribution >= 0.6 is 11.6 Å². The van der Waals surface area contributed by atoms with Crippen LogP contribution < -0.4 is 16.4 Å². The molecule has 234 valence electrons. The Hall–Kier alpha value is -3.31. The molecule has 2 saturated carbocycles. The molecule has 0 spiro atoms. The molecule has 9 nitrogen and oxygen atoms in total. The third-order valence-corrected chi connectivity index (χ3v) is 7.89. The third-order valence-electron chi connectivity index (χ3n) is 7.65. The molecule has 2 heterocycles. The Balaban J connectivity index is 0.000000432. The van der Waals surface area contributed by atoms with E-state index in [1.165, 1.54) is 31.6 Å². The van der Waals surface area contributed by atoms with Crippen LogP contribution in [0.15, 0.2) is 65.6 Å². The fraction of sp³-hybridized carbons (Fsp3) is 0.469. The fourth-order valence-corrected chi connectivity index (χ4v) is 4.97. The van der Waals surface area contributed by atoms with Crippen molar-refractivity contribution in [1.29, 1.82) is 0 Å². The number of nitrogens with zero attached hydrogens (tertiary/aromatic N) is 3. The molecule has 1 amide bonds. The number of carbonyl (C=O) groups excluding carboxylic acids is 1. The van der Waals surface area contributed by atoms with Crippen LogP contribution in [0.1, 0.15) is 49.3 Å². The van der Waals surface area contributed by atoms with E-state index in [1.54, 1.807) is 25.4 Å². The SMILES string of the molecule is C=C(OCC1CC(O)C1)/C(=C\C(=NC)c1cc(Cl)ccc1F)Nc1ccnc(C2CCC2)c1.CN1CCNCC1.NC=O. The number of nitrogens with one attached hydrogen (secondary N) is 2. The second kappa shape index (κ2) is 17.7. The normalized spacial score (nSPS) is 20.7. The van der Waals surface area contributed by atoms with Gasteiger partial charge in [0, 0.05) is 67.3 Å². The Labute approximate surface area is 259 Å². The van der Waals surface area contributed by atoms with Crippen molar-refractivity contribution < 1.29 is 19.0 Å². The minimum absolute atomic E-state index is 0.244. The van der Waals surface area contributed by atoms with Gasteiger partial charge < -0.3 is 31.1 Å². The first-order chi connectivity index (χ1) is 20.7. The number of ether oxygens (including phenoxy) is 1. The summed E-state index contributed by atoms with van der Waals surface area (Å²) in [7, 11) is 3.76. The third kappa shape index (κ3) is 11.0. The molecule has 0 radical (unpaired) electrons. The Morgan fingerprint density at radius 2 is 2.00 bits per heavy atom. The maximum absolute atomic E-state index is 14.5. The number of nitrogens with two attached hydrogens (primary N) is 1. The van der Waals surface area contributed by atoms with Crippen molar-refractivity contribution >= 4 is 29.4 Å². The lowest BCUT2D eigenvalue weighted by atomic mass is 9.82. The van der Waals surface area contributed by atoms with Crippen molar-refractivity contribution in [2.24, 2.45) is 16.6 Å². The number of rotatable bonds is 9. The number of piperazine rings is 1. The molecular weight excluding hydrogens is 571 g/mol. The van der Waals surface area contributed by atoms with Gasteiger partial charge in [0.2, 0.25) is 6.41 Å². The molecular formula is C32H44ClFN6O3. The van der Waals surface area contributed by atoms with E-state index in [0.717, 1.165) is 50.2 Å². The number of pyridine rings is 1. The van der Waals surface area contributed by atoms with Crippen molar-refractivity contribution in [3.63, 3.8) is 0 Å². The van der Waals surface area contributed by atoms with Crippen molar-refractivity contribution in [2.75, 3.05) is 52.2 Å².